The van der Waals surface area contributed by atoms with Crippen molar-refractivity contribution in [1.82, 2.24) is 28.2 Å². The number of sulfonamides is 2. The van der Waals surface area contributed by atoms with Gasteiger partial charge in [-0.15, -0.1) is 11.6 Å². The van der Waals surface area contributed by atoms with E-state index < -0.39 is 31.2 Å². The topological polar surface area (TPSA) is 197 Å². The maximum atomic E-state index is 13.4. The van der Waals surface area contributed by atoms with Crippen LogP contribution >= 0.6 is 34.8 Å². The van der Waals surface area contributed by atoms with Crippen molar-refractivity contribution in [3.8, 4) is 28.6 Å². The Morgan fingerprint density at radius 2 is 0.986 bits per heavy atom. The van der Waals surface area contributed by atoms with Gasteiger partial charge in [0.25, 0.3) is 0 Å². The van der Waals surface area contributed by atoms with E-state index in [0.29, 0.717) is 130 Å². The second kappa shape index (κ2) is 27.9. The van der Waals surface area contributed by atoms with Crippen molar-refractivity contribution in [3.63, 3.8) is 0 Å². The first-order valence-electron chi connectivity index (χ1n) is 23.6. The number of halogens is 3. The van der Waals surface area contributed by atoms with Crippen LogP contribution in [0, 0.1) is 0 Å². The molecule has 2 fully saturated rings. The van der Waals surface area contributed by atoms with Crippen LogP contribution < -0.4 is 35.1 Å². The minimum Gasteiger partial charge on any atom is -0.494 e. The van der Waals surface area contributed by atoms with Crippen molar-refractivity contribution in [1.29, 1.82) is 0 Å². The first-order chi connectivity index (χ1) is 34.8. The molecule has 392 valence electrons. The molecule has 72 heavy (non-hydrogen) atoms. The summed E-state index contributed by atoms with van der Waals surface area (Å²) in [4.78, 5) is 30.6. The van der Waals surface area contributed by atoms with Gasteiger partial charge in [-0.1, -0.05) is 53.5 Å². The summed E-state index contributed by atoms with van der Waals surface area (Å²) in [5.41, 5.74) is 1.21. The van der Waals surface area contributed by atoms with Crippen molar-refractivity contribution in [2.75, 3.05) is 126 Å². The van der Waals surface area contributed by atoms with Gasteiger partial charge in [-0.3, -0.25) is 9.59 Å². The monoisotopic (exact) mass is 1090 g/mol. The van der Waals surface area contributed by atoms with Gasteiger partial charge in [-0.05, 0) is 75.2 Å². The highest BCUT2D eigenvalue weighted by atomic mass is 35.5. The lowest BCUT2D eigenvalue weighted by Crippen LogP contribution is -2.49. The number of nitrogens with zero attached hydrogens (tertiary/aromatic N) is 8. The third kappa shape index (κ3) is 15.8. The number of ether oxygens (including phenoxy) is 5. The predicted molar refractivity (Wildman–Crippen MR) is 281 cm³/mol. The maximum absolute atomic E-state index is 13.4. The van der Waals surface area contributed by atoms with E-state index in [4.69, 9.17) is 58.5 Å². The number of para-hydroxylation sites is 1. The molecule has 2 aliphatic rings. The van der Waals surface area contributed by atoms with Gasteiger partial charge in [0.2, 0.25) is 31.5 Å². The number of anilines is 2. The molecular formula is C48H61Cl3N8O11S2. The summed E-state index contributed by atoms with van der Waals surface area (Å²) < 4.78 is 84.3. The summed E-state index contributed by atoms with van der Waals surface area (Å²) in [5.74, 6) is 1.33. The lowest BCUT2D eigenvalue weighted by atomic mass is 10.3. The van der Waals surface area contributed by atoms with Gasteiger partial charge in [0.1, 0.15) is 30.3 Å². The molecule has 0 radical (unpaired) electrons. The Labute approximate surface area is 435 Å². The molecule has 2 aliphatic heterocycles. The predicted octanol–water partition coefficient (Wildman–Crippen LogP) is 5.60. The average Bonchev–Trinajstić information content (AvgIpc) is 3.38. The second-order valence-electron chi connectivity index (χ2n) is 16.2. The van der Waals surface area contributed by atoms with Gasteiger partial charge < -0.3 is 33.5 Å². The molecule has 0 unspecified atom stereocenters. The van der Waals surface area contributed by atoms with E-state index in [1.165, 1.54) is 18.0 Å². The van der Waals surface area contributed by atoms with Crippen LogP contribution in [-0.2, 0) is 29.5 Å². The number of benzene rings is 3. The standard InChI is InChI=1S/C27H33ClN4O6S.C21H28Cl2N4O5S/c1-2-36-17-18-38-26-25(21-29-32(27(26)33)23-9-6-8-22(28)20-23)30-12-14-31(15-13-30)39(34,35)19-7-16-37-24-10-4-3-5-11-24;1-2-31-12-13-32-20-19(16-24-27(21(20)28)18-6-3-5-17(23)15-18)25-8-10-26(11-9-25)33(29,30)14-4-7-22/h3-6,8-11,20-21H,2,7,12-19H2,1H3;3,5-6,15-16H,2,4,7-14H2,1H3. The molecule has 0 bridgehead atoms. The van der Waals surface area contributed by atoms with Gasteiger partial charge in [0, 0.05) is 81.5 Å². The van der Waals surface area contributed by atoms with Gasteiger partial charge in [0.05, 0.1) is 55.1 Å². The Kier molecular flexibility index (Phi) is 21.8. The zero-order valence-corrected chi connectivity index (χ0v) is 44.2. The molecule has 2 aromatic heterocycles. The minimum absolute atomic E-state index is 0.00284. The van der Waals surface area contributed by atoms with E-state index in [-0.39, 0.29) is 49.3 Å². The Morgan fingerprint density at radius 1 is 0.542 bits per heavy atom. The molecule has 19 nitrogen and oxygen atoms in total. The number of aromatic nitrogens is 4. The fourth-order valence-corrected chi connectivity index (χ4v) is 11.3. The largest absolute Gasteiger partial charge is 0.494 e. The fourth-order valence-electron chi connectivity index (χ4n) is 7.72. The molecule has 0 spiro atoms. The molecule has 24 heteroatoms. The number of rotatable bonds is 24. The first kappa shape index (κ1) is 56.3. The van der Waals surface area contributed by atoms with Crippen LogP contribution in [0.25, 0.3) is 11.4 Å². The summed E-state index contributed by atoms with van der Waals surface area (Å²) >= 11 is 17.8. The van der Waals surface area contributed by atoms with E-state index >= 15 is 0 Å². The van der Waals surface area contributed by atoms with E-state index in [2.05, 4.69) is 10.2 Å². The van der Waals surface area contributed by atoms with E-state index in [0.717, 1.165) is 0 Å². The fraction of sp³-hybridized carbons (Fsp3) is 0.458. The Hall–Kier alpha value is -4.97. The molecule has 5 aromatic rings. The quantitative estimate of drug-likeness (QED) is 0.0546. The minimum atomic E-state index is -3.44. The van der Waals surface area contributed by atoms with E-state index in [1.54, 1.807) is 60.9 Å². The molecule has 0 atom stereocenters. The van der Waals surface area contributed by atoms with E-state index in [9.17, 15) is 26.4 Å². The van der Waals surface area contributed by atoms with Crippen molar-refractivity contribution in [2.24, 2.45) is 0 Å². The van der Waals surface area contributed by atoms with Crippen LogP contribution in [-0.4, -0.2) is 161 Å². The maximum Gasteiger partial charge on any atom is 0.316 e. The lowest BCUT2D eigenvalue weighted by molar-refractivity contribution is 0.109. The third-order valence-corrected chi connectivity index (χ3v) is 16.0. The van der Waals surface area contributed by atoms with Crippen molar-refractivity contribution in [2.45, 2.75) is 26.7 Å². The molecule has 0 amide bonds. The van der Waals surface area contributed by atoms with Crippen LogP contribution in [0.1, 0.15) is 26.7 Å². The van der Waals surface area contributed by atoms with Crippen molar-refractivity contribution in [3.05, 3.63) is 122 Å². The molecule has 0 aliphatic carbocycles. The van der Waals surface area contributed by atoms with Gasteiger partial charge in [-0.25, -0.2) is 16.8 Å². The number of piperazine rings is 2. The molecule has 2 saturated heterocycles. The molecule has 4 heterocycles. The van der Waals surface area contributed by atoms with Gasteiger partial charge in [0.15, 0.2) is 0 Å². The molecule has 3 aromatic carbocycles. The van der Waals surface area contributed by atoms with Crippen molar-refractivity contribution < 1.29 is 40.5 Å². The molecule has 0 saturated carbocycles. The lowest BCUT2D eigenvalue weighted by Gasteiger charge is -2.35. The zero-order chi connectivity index (χ0) is 51.5. The Morgan fingerprint density at radius 3 is 1.40 bits per heavy atom. The van der Waals surface area contributed by atoms with Crippen molar-refractivity contribution >= 4 is 66.2 Å². The normalized spacial score (nSPS) is 14.7. The highest BCUT2D eigenvalue weighted by Crippen LogP contribution is 2.28. The third-order valence-electron chi connectivity index (χ3n) is 11.3. The molecular weight excluding hydrogens is 1040 g/mol. The Bertz CT molecular complexity index is 2850. The van der Waals surface area contributed by atoms with Crippen LogP contribution in [0.5, 0.6) is 17.2 Å². The summed E-state index contributed by atoms with van der Waals surface area (Å²) in [6.07, 6.45) is 3.94. The van der Waals surface area contributed by atoms with Crippen LogP contribution in [0.4, 0.5) is 11.4 Å². The van der Waals surface area contributed by atoms with Crippen LogP contribution in [0.2, 0.25) is 10.0 Å². The number of hydrogen-bond acceptors (Lipinski definition) is 15. The van der Waals surface area contributed by atoms with Gasteiger partial charge in [-0.2, -0.15) is 28.2 Å². The zero-order valence-electron chi connectivity index (χ0n) is 40.3. The summed E-state index contributed by atoms with van der Waals surface area (Å²) in [7, 11) is -6.80. The van der Waals surface area contributed by atoms with Gasteiger partial charge >= 0.3 is 11.1 Å². The van der Waals surface area contributed by atoms with Crippen LogP contribution in [0.3, 0.4) is 0 Å². The molecule has 7 rings (SSSR count). The smallest absolute Gasteiger partial charge is 0.316 e. The van der Waals surface area contributed by atoms with Crippen LogP contribution in [0.15, 0.2) is 101 Å². The average molecular weight is 1100 g/mol. The highest BCUT2D eigenvalue weighted by Gasteiger charge is 2.31. The summed E-state index contributed by atoms with van der Waals surface area (Å²) in [5, 5.41) is 9.65. The first-order valence-corrected chi connectivity index (χ1v) is 28.1. The number of hydrogen-bond donors (Lipinski definition) is 0. The van der Waals surface area contributed by atoms with E-state index in [1.807, 2.05) is 54.0 Å². The second-order valence-corrected chi connectivity index (χ2v) is 21.6. The Balaban J connectivity index is 0.000000239. The highest BCUT2D eigenvalue weighted by molar-refractivity contribution is 7.89. The number of alkyl halides is 1. The summed E-state index contributed by atoms with van der Waals surface area (Å²) in [6, 6.07) is 23.0. The summed E-state index contributed by atoms with van der Waals surface area (Å²) in [6.45, 7) is 9.00. The molecule has 0 N–H and O–H groups in total. The SMILES string of the molecule is CCOCCOc1c(N2CCN(S(=O)(=O)CCCCl)CC2)cnn(-c2cccc(Cl)c2)c1=O.CCOCCOc1c(N2CCN(S(=O)(=O)CCCOc3ccccc3)CC2)cnn(-c2cccc(Cl)c2)c1=O.